The van der Waals surface area contributed by atoms with Crippen LogP contribution in [0.1, 0.15) is 11.3 Å². The summed E-state index contributed by atoms with van der Waals surface area (Å²) in [6, 6.07) is 5.50. The zero-order valence-electron chi connectivity index (χ0n) is 9.23. The minimum absolute atomic E-state index is 0.0708. The van der Waals surface area contributed by atoms with Gasteiger partial charge in [0.05, 0.1) is 5.52 Å². The molecule has 0 saturated heterocycles. The van der Waals surface area contributed by atoms with Crippen LogP contribution in [0.3, 0.4) is 0 Å². The van der Waals surface area contributed by atoms with Gasteiger partial charge in [-0.05, 0) is 30.7 Å². The van der Waals surface area contributed by atoms with Crippen LogP contribution in [0.15, 0.2) is 29.4 Å². The molecule has 1 heterocycles. The Hall–Kier alpha value is -2.27. The van der Waals surface area contributed by atoms with E-state index in [-0.39, 0.29) is 11.2 Å². The summed E-state index contributed by atoms with van der Waals surface area (Å²) in [5, 5.41) is 3.69. The summed E-state index contributed by atoms with van der Waals surface area (Å²) >= 11 is 0. The van der Waals surface area contributed by atoms with Crippen LogP contribution >= 0.6 is 0 Å². The lowest BCUT2D eigenvalue weighted by atomic mass is 10.1. The number of hydrogen-bond donors (Lipinski definition) is 0. The number of pyridine rings is 1. The summed E-state index contributed by atoms with van der Waals surface area (Å²) in [4.78, 5) is 6.06. The Labute approximate surface area is 99.7 Å². The summed E-state index contributed by atoms with van der Waals surface area (Å²) in [7, 11) is 0. The topological polar surface area (TPSA) is 61.7 Å². The van der Waals surface area contributed by atoms with Crippen LogP contribution in [0.5, 0.6) is 0 Å². The quantitative estimate of drug-likeness (QED) is 0.418. The molecule has 1 aromatic carbocycles. The molecule has 1 aromatic heterocycles. The summed E-state index contributed by atoms with van der Waals surface area (Å²) in [5.74, 6) is 0. The average Bonchev–Trinajstić information content (AvgIpc) is 2.28. The number of rotatable bonds is 1. The first-order valence-corrected chi connectivity index (χ1v) is 4.95. The number of hydrogen-bond acceptors (Lipinski definition) is 2. The van der Waals surface area contributed by atoms with Crippen molar-refractivity contribution in [1.29, 1.82) is 0 Å². The normalized spacial score (nSPS) is 11.3. The van der Waals surface area contributed by atoms with Gasteiger partial charge >= 0.3 is 6.18 Å². The molecule has 0 fully saturated rings. The monoisotopic (exact) mass is 252 g/mol. The Morgan fingerprint density at radius 2 is 2.00 bits per heavy atom. The van der Waals surface area contributed by atoms with Gasteiger partial charge in [0, 0.05) is 16.0 Å². The predicted molar refractivity (Wildman–Crippen MR) is 60.3 cm³/mol. The molecule has 0 aliphatic carbocycles. The van der Waals surface area contributed by atoms with Gasteiger partial charge < -0.3 is 0 Å². The molecule has 0 aliphatic heterocycles. The number of aryl methyl sites for hydroxylation is 1. The zero-order valence-corrected chi connectivity index (χ0v) is 9.23. The molecule has 4 nitrogen and oxygen atoms in total. The smallest absolute Gasteiger partial charge is 0.243 e. The number of azide groups is 1. The van der Waals surface area contributed by atoms with E-state index < -0.39 is 11.9 Å². The molecular formula is C11H7F3N4. The average molecular weight is 252 g/mol. The second kappa shape index (κ2) is 4.19. The van der Waals surface area contributed by atoms with E-state index in [0.29, 0.717) is 5.39 Å². The van der Waals surface area contributed by atoms with Crippen LogP contribution in [-0.4, -0.2) is 4.98 Å². The molecule has 0 bridgehead atoms. The Kier molecular flexibility index (Phi) is 2.84. The molecule has 2 rings (SSSR count). The fourth-order valence-corrected chi connectivity index (χ4v) is 1.60. The van der Waals surface area contributed by atoms with Crippen LogP contribution in [0.25, 0.3) is 21.3 Å². The Morgan fingerprint density at radius 1 is 1.28 bits per heavy atom. The molecule has 0 unspecified atom stereocenters. The number of halogens is 3. The fraction of sp³-hybridized carbons (Fsp3) is 0.182. The summed E-state index contributed by atoms with van der Waals surface area (Å²) in [6.07, 6.45) is -4.57. The molecule has 0 saturated carbocycles. The third kappa shape index (κ3) is 2.21. The molecule has 0 atom stereocenters. The minimum atomic E-state index is -4.57. The van der Waals surface area contributed by atoms with Gasteiger partial charge in [0.1, 0.15) is 5.69 Å². The van der Waals surface area contributed by atoms with Crippen molar-refractivity contribution in [3.63, 3.8) is 0 Å². The lowest BCUT2D eigenvalue weighted by Crippen LogP contribution is -2.07. The highest BCUT2D eigenvalue weighted by Crippen LogP contribution is 2.34. The first kappa shape index (κ1) is 12.2. The minimum Gasteiger partial charge on any atom is -0.243 e. The van der Waals surface area contributed by atoms with Crippen LogP contribution in [0.4, 0.5) is 18.9 Å². The van der Waals surface area contributed by atoms with Crippen molar-refractivity contribution in [3.8, 4) is 0 Å². The van der Waals surface area contributed by atoms with E-state index in [1.54, 1.807) is 19.1 Å². The molecule has 0 radical (unpaired) electrons. The summed E-state index contributed by atoms with van der Waals surface area (Å²) in [5.41, 5.74) is 8.26. The van der Waals surface area contributed by atoms with Crippen molar-refractivity contribution >= 4 is 16.6 Å². The maximum Gasteiger partial charge on any atom is 0.433 e. The zero-order chi connectivity index (χ0) is 13.3. The predicted octanol–water partition coefficient (Wildman–Crippen LogP) is 4.50. The summed E-state index contributed by atoms with van der Waals surface area (Å²) < 4.78 is 37.9. The molecule has 7 heteroatoms. The van der Waals surface area contributed by atoms with Crippen molar-refractivity contribution in [2.75, 3.05) is 0 Å². The molecule has 92 valence electrons. The van der Waals surface area contributed by atoms with E-state index in [1.165, 1.54) is 6.07 Å². The first-order chi connectivity index (χ1) is 8.41. The van der Waals surface area contributed by atoms with E-state index >= 15 is 0 Å². The van der Waals surface area contributed by atoms with Crippen LogP contribution in [-0.2, 0) is 6.18 Å². The molecular weight excluding hydrogens is 245 g/mol. The van der Waals surface area contributed by atoms with E-state index in [9.17, 15) is 13.2 Å². The second-order valence-corrected chi connectivity index (χ2v) is 3.73. The van der Waals surface area contributed by atoms with Crippen LogP contribution in [0, 0.1) is 6.92 Å². The summed E-state index contributed by atoms with van der Waals surface area (Å²) in [6.45, 7) is 1.79. The van der Waals surface area contributed by atoms with Crippen molar-refractivity contribution < 1.29 is 13.2 Å². The highest BCUT2D eigenvalue weighted by atomic mass is 19.4. The molecule has 18 heavy (non-hydrogen) atoms. The molecule has 0 amide bonds. The van der Waals surface area contributed by atoms with E-state index in [4.69, 9.17) is 5.53 Å². The van der Waals surface area contributed by atoms with Crippen molar-refractivity contribution in [1.82, 2.24) is 4.98 Å². The van der Waals surface area contributed by atoms with Gasteiger partial charge in [-0.2, -0.15) is 13.2 Å². The van der Waals surface area contributed by atoms with E-state index in [2.05, 4.69) is 15.0 Å². The van der Waals surface area contributed by atoms with Crippen molar-refractivity contribution in [3.05, 3.63) is 46.0 Å². The second-order valence-electron chi connectivity index (χ2n) is 3.73. The lowest BCUT2D eigenvalue weighted by molar-refractivity contribution is -0.140. The highest BCUT2D eigenvalue weighted by molar-refractivity contribution is 5.90. The van der Waals surface area contributed by atoms with Gasteiger partial charge in [-0.15, -0.1) is 0 Å². The maximum atomic E-state index is 12.6. The van der Waals surface area contributed by atoms with E-state index in [1.807, 2.05) is 0 Å². The molecule has 0 N–H and O–H groups in total. The number of benzene rings is 1. The number of nitrogens with zero attached hydrogens (tertiary/aromatic N) is 4. The van der Waals surface area contributed by atoms with Gasteiger partial charge in [0.2, 0.25) is 0 Å². The standard InChI is InChI=1S/C11H7F3N4/c1-6-2-3-8-7(4-6)9(17-18-15)5-10(16-8)11(12,13)14/h2-5H,1H3. The SMILES string of the molecule is Cc1ccc2nc(C(F)(F)F)cc(N=[N+]=[N-])c2c1. The third-order valence-corrected chi connectivity index (χ3v) is 2.39. The third-order valence-electron chi connectivity index (χ3n) is 2.39. The number of fused-ring (bicyclic) bond motifs is 1. The molecule has 2 aromatic rings. The Bertz CT molecular complexity index is 657. The van der Waals surface area contributed by atoms with Gasteiger partial charge in [0.25, 0.3) is 0 Å². The van der Waals surface area contributed by atoms with Crippen LogP contribution < -0.4 is 0 Å². The largest absolute Gasteiger partial charge is 0.433 e. The van der Waals surface area contributed by atoms with Gasteiger partial charge in [-0.1, -0.05) is 16.7 Å². The van der Waals surface area contributed by atoms with Gasteiger partial charge in [-0.25, -0.2) is 4.98 Å². The molecule has 0 aliphatic rings. The number of alkyl halides is 3. The van der Waals surface area contributed by atoms with Gasteiger partial charge in [-0.3, -0.25) is 0 Å². The molecule has 0 spiro atoms. The van der Waals surface area contributed by atoms with Crippen LogP contribution in [0.2, 0.25) is 0 Å². The Morgan fingerprint density at radius 3 is 2.61 bits per heavy atom. The van der Waals surface area contributed by atoms with Crippen molar-refractivity contribution in [2.24, 2.45) is 5.11 Å². The highest BCUT2D eigenvalue weighted by Gasteiger charge is 2.33. The number of aromatic nitrogens is 1. The van der Waals surface area contributed by atoms with Gasteiger partial charge in [0.15, 0.2) is 0 Å². The fourth-order valence-electron chi connectivity index (χ4n) is 1.60. The van der Waals surface area contributed by atoms with E-state index in [0.717, 1.165) is 11.6 Å². The van der Waals surface area contributed by atoms with Crippen molar-refractivity contribution in [2.45, 2.75) is 13.1 Å². The Balaban J connectivity index is 2.82. The first-order valence-electron chi connectivity index (χ1n) is 4.95. The maximum absolute atomic E-state index is 12.6. The lowest BCUT2D eigenvalue weighted by Gasteiger charge is -2.09.